The van der Waals surface area contributed by atoms with Crippen molar-refractivity contribution in [1.82, 2.24) is 20.2 Å². The summed E-state index contributed by atoms with van der Waals surface area (Å²) in [6.45, 7) is 2.92. The Kier molecular flexibility index (Phi) is 7.09. The van der Waals surface area contributed by atoms with Gasteiger partial charge in [-0.25, -0.2) is 9.97 Å². The molecule has 38 heavy (non-hydrogen) atoms. The third-order valence-electron chi connectivity index (χ3n) is 6.21. The van der Waals surface area contributed by atoms with Crippen molar-refractivity contribution in [3.05, 3.63) is 82.2 Å². The predicted octanol–water partition coefficient (Wildman–Crippen LogP) is 3.05. The maximum atomic E-state index is 13.8. The average molecular weight is 521 g/mol. The summed E-state index contributed by atoms with van der Waals surface area (Å²) in [4.78, 5) is 34.5. The zero-order valence-corrected chi connectivity index (χ0v) is 20.2. The quantitative estimate of drug-likeness (QED) is 0.458. The molecule has 194 valence electrons. The van der Waals surface area contributed by atoms with Crippen molar-refractivity contribution < 1.29 is 22.8 Å². The summed E-state index contributed by atoms with van der Waals surface area (Å²) in [6, 6.07) is 8.59. The monoisotopic (exact) mass is 520 g/mol. The molecule has 2 aliphatic rings. The van der Waals surface area contributed by atoms with E-state index < -0.39 is 17.6 Å². The molecule has 5 rings (SSSR count). The van der Waals surface area contributed by atoms with E-state index in [1.807, 2.05) is 4.90 Å². The maximum absolute atomic E-state index is 13.8. The second-order valence-corrected chi connectivity index (χ2v) is 8.99. The topological polar surface area (TPSA) is 99.2 Å². The first-order chi connectivity index (χ1) is 18.2. The summed E-state index contributed by atoms with van der Waals surface area (Å²) in [5.41, 5.74) is 1.10. The van der Waals surface area contributed by atoms with Crippen LogP contribution >= 0.6 is 0 Å². The van der Waals surface area contributed by atoms with Crippen molar-refractivity contribution in [1.29, 1.82) is 0 Å². The minimum Gasteiger partial charge on any atom is -0.314 e. The predicted molar refractivity (Wildman–Crippen MR) is 134 cm³/mol. The Morgan fingerprint density at radius 2 is 1.84 bits per heavy atom. The van der Waals surface area contributed by atoms with Crippen molar-refractivity contribution in [2.24, 2.45) is 0 Å². The van der Waals surface area contributed by atoms with Crippen molar-refractivity contribution in [3.63, 3.8) is 0 Å². The number of carbonyl (C=O) groups excluding carboxylic acids is 2. The van der Waals surface area contributed by atoms with Crippen molar-refractivity contribution >= 4 is 23.5 Å². The molecule has 0 radical (unpaired) electrons. The minimum atomic E-state index is -4.59. The van der Waals surface area contributed by atoms with Gasteiger partial charge in [0.05, 0.1) is 12.0 Å². The van der Waals surface area contributed by atoms with Crippen molar-refractivity contribution in [2.45, 2.75) is 19.1 Å². The maximum Gasteiger partial charge on any atom is 0.416 e. The Morgan fingerprint density at radius 1 is 1.05 bits per heavy atom. The first-order valence-corrected chi connectivity index (χ1v) is 12.0. The number of fused-ring (bicyclic) bond motifs is 1. The fourth-order valence-corrected chi connectivity index (χ4v) is 4.31. The average Bonchev–Trinajstić information content (AvgIpc) is 3.27. The summed E-state index contributed by atoms with van der Waals surface area (Å²) < 4.78 is 41.5. The number of hydrogen-bond donors (Lipinski definition) is 3. The number of amides is 2. The SMILES string of the molecule is O=C1Cc2cc(C#Cc3ccnc(NC(=O)c4ccc(CN5CCNCC5)c(C(F)(F)F)c4)c3)cnc2N1. The molecule has 3 N–H and O–H groups in total. The van der Waals surface area contributed by atoms with E-state index in [1.165, 1.54) is 24.4 Å². The summed E-state index contributed by atoms with van der Waals surface area (Å²) in [7, 11) is 0. The van der Waals surface area contributed by atoms with Gasteiger partial charge in [-0.2, -0.15) is 13.2 Å². The normalized spacial score (nSPS) is 15.3. The highest BCUT2D eigenvalue weighted by Gasteiger charge is 2.34. The molecule has 1 fully saturated rings. The number of carbonyl (C=O) groups is 2. The Hall–Kier alpha value is -4.27. The number of anilines is 2. The van der Waals surface area contributed by atoms with Crippen LogP contribution in [0.25, 0.3) is 0 Å². The molecule has 8 nitrogen and oxygen atoms in total. The number of benzene rings is 1. The van der Waals surface area contributed by atoms with Crippen LogP contribution in [0.2, 0.25) is 0 Å². The minimum absolute atomic E-state index is 0.118. The third-order valence-corrected chi connectivity index (χ3v) is 6.21. The Morgan fingerprint density at radius 3 is 2.63 bits per heavy atom. The van der Waals surface area contributed by atoms with Gasteiger partial charge in [0.25, 0.3) is 5.91 Å². The highest BCUT2D eigenvalue weighted by atomic mass is 19.4. The molecule has 2 aromatic heterocycles. The molecule has 4 heterocycles. The van der Waals surface area contributed by atoms with E-state index >= 15 is 0 Å². The van der Waals surface area contributed by atoms with Gasteiger partial charge in [0.15, 0.2) is 0 Å². The van der Waals surface area contributed by atoms with E-state index in [0.29, 0.717) is 30.0 Å². The summed E-state index contributed by atoms with van der Waals surface area (Å²) >= 11 is 0. The molecular weight excluding hydrogens is 497 g/mol. The number of hydrogen-bond acceptors (Lipinski definition) is 6. The molecule has 0 unspecified atom stereocenters. The van der Waals surface area contributed by atoms with Crippen LogP contribution in [0.5, 0.6) is 0 Å². The molecule has 0 aliphatic carbocycles. The lowest BCUT2D eigenvalue weighted by Gasteiger charge is -2.28. The molecule has 11 heteroatoms. The van der Waals surface area contributed by atoms with E-state index in [2.05, 4.69) is 37.8 Å². The fourth-order valence-electron chi connectivity index (χ4n) is 4.31. The molecule has 0 bridgehead atoms. The second-order valence-electron chi connectivity index (χ2n) is 8.99. The number of alkyl halides is 3. The van der Waals surface area contributed by atoms with Gasteiger partial charge >= 0.3 is 6.18 Å². The number of piperazine rings is 1. The van der Waals surface area contributed by atoms with Gasteiger partial charge in [0, 0.05) is 67.4 Å². The summed E-state index contributed by atoms with van der Waals surface area (Å²) in [6.07, 6.45) is -1.36. The van der Waals surface area contributed by atoms with Gasteiger partial charge in [-0.15, -0.1) is 0 Å². The standard InChI is InChI=1S/C27H23F3N6O2/c28-27(29,30)22-13-19(3-4-20(22)16-36-9-7-31-8-10-36)26(38)34-23-12-17(5-6-32-23)1-2-18-11-21-14-24(37)35-25(21)33-15-18/h3-6,11-13,15,31H,7-10,14,16H2,(H,32,34,38)(H,33,35,37). The molecule has 1 aromatic carbocycles. The number of halogens is 3. The first-order valence-electron chi connectivity index (χ1n) is 12.0. The molecule has 2 aliphatic heterocycles. The molecular formula is C27H23F3N6O2. The zero-order valence-electron chi connectivity index (χ0n) is 20.2. The second kappa shape index (κ2) is 10.6. The van der Waals surface area contributed by atoms with Crippen LogP contribution in [-0.2, 0) is 23.9 Å². The lowest BCUT2D eigenvalue weighted by atomic mass is 10.0. The highest BCUT2D eigenvalue weighted by molar-refractivity contribution is 6.04. The van der Waals surface area contributed by atoms with E-state index in [0.717, 1.165) is 24.7 Å². The molecule has 0 saturated carbocycles. The van der Waals surface area contributed by atoms with Crippen molar-refractivity contribution in [3.8, 4) is 11.8 Å². The Labute approximate surface area is 216 Å². The lowest BCUT2D eigenvalue weighted by Crippen LogP contribution is -2.43. The van der Waals surface area contributed by atoms with Crippen LogP contribution in [0.15, 0.2) is 48.8 Å². The van der Waals surface area contributed by atoms with Gasteiger partial charge in [-0.1, -0.05) is 17.9 Å². The highest BCUT2D eigenvalue weighted by Crippen LogP contribution is 2.33. The van der Waals surface area contributed by atoms with E-state index in [4.69, 9.17) is 0 Å². The fraction of sp³-hybridized carbons (Fsp3) is 0.259. The number of nitrogens with one attached hydrogen (secondary N) is 3. The van der Waals surface area contributed by atoms with Gasteiger partial charge in [0.1, 0.15) is 11.6 Å². The van der Waals surface area contributed by atoms with Gasteiger partial charge in [-0.3, -0.25) is 14.5 Å². The van der Waals surface area contributed by atoms with Crippen molar-refractivity contribution in [2.75, 3.05) is 36.8 Å². The van der Waals surface area contributed by atoms with Crippen LogP contribution < -0.4 is 16.0 Å². The van der Waals surface area contributed by atoms with Gasteiger partial charge in [0.2, 0.25) is 5.91 Å². The first kappa shape index (κ1) is 25.4. The molecule has 0 atom stereocenters. The van der Waals surface area contributed by atoms with E-state index in [-0.39, 0.29) is 35.8 Å². The van der Waals surface area contributed by atoms with Gasteiger partial charge in [-0.05, 0) is 35.9 Å². The third kappa shape index (κ3) is 5.99. The molecule has 1 saturated heterocycles. The molecule has 0 spiro atoms. The lowest BCUT2D eigenvalue weighted by molar-refractivity contribution is -0.138. The molecule has 2 amide bonds. The van der Waals surface area contributed by atoms with Gasteiger partial charge < -0.3 is 16.0 Å². The number of nitrogens with zero attached hydrogens (tertiary/aromatic N) is 3. The Balaban J connectivity index is 1.31. The van der Waals surface area contributed by atoms with E-state index in [9.17, 15) is 22.8 Å². The molecule has 3 aromatic rings. The smallest absolute Gasteiger partial charge is 0.314 e. The number of aromatic nitrogens is 2. The van der Waals surface area contributed by atoms with Crippen LogP contribution in [0, 0.1) is 11.8 Å². The van der Waals surface area contributed by atoms with Crippen LogP contribution in [0.3, 0.4) is 0 Å². The van der Waals surface area contributed by atoms with E-state index in [1.54, 1.807) is 18.3 Å². The Bertz CT molecular complexity index is 1460. The zero-order chi connectivity index (χ0) is 26.7. The summed E-state index contributed by atoms with van der Waals surface area (Å²) in [5.74, 6) is 5.76. The number of pyridine rings is 2. The van der Waals surface area contributed by atoms with Crippen LogP contribution in [0.4, 0.5) is 24.8 Å². The largest absolute Gasteiger partial charge is 0.416 e. The summed E-state index contributed by atoms with van der Waals surface area (Å²) in [5, 5.41) is 8.39. The van der Waals surface area contributed by atoms with Crippen LogP contribution in [-0.4, -0.2) is 52.9 Å². The van der Waals surface area contributed by atoms with Crippen LogP contribution in [0.1, 0.15) is 38.2 Å². The number of rotatable bonds is 4.